The second kappa shape index (κ2) is 5.92. The number of carboxylic acid groups (broad SMARTS) is 1. The van der Waals surface area contributed by atoms with Crippen LogP contribution in [-0.2, 0) is 6.54 Å². The van der Waals surface area contributed by atoms with E-state index in [4.69, 9.17) is 15.6 Å². The van der Waals surface area contributed by atoms with Crippen molar-refractivity contribution in [1.82, 2.24) is 4.98 Å². The number of pyridine rings is 1. The van der Waals surface area contributed by atoms with Crippen molar-refractivity contribution in [3.8, 4) is 5.88 Å². The van der Waals surface area contributed by atoms with Crippen molar-refractivity contribution < 1.29 is 14.6 Å². The number of hydrogen-bond acceptors (Lipinski definition) is 5. The van der Waals surface area contributed by atoms with Crippen LogP contribution in [0.15, 0.2) is 36.5 Å². The first-order valence-electron chi connectivity index (χ1n) is 5.96. The van der Waals surface area contributed by atoms with E-state index in [1.807, 2.05) is 6.07 Å². The predicted octanol–water partition coefficient (Wildman–Crippen LogP) is 1.98. The molecule has 0 atom stereocenters. The summed E-state index contributed by atoms with van der Waals surface area (Å²) < 4.78 is 5.04. The highest BCUT2D eigenvalue weighted by molar-refractivity contribution is 5.95. The molecule has 1 aromatic heterocycles. The minimum Gasteiger partial charge on any atom is -0.481 e. The molecule has 0 aliphatic heterocycles. The molecule has 0 aliphatic rings. The summed E-state index contributed by atoms with van der Waals surface area (Å²) >= 11 is 0. The van der Waals surface area contributed by atoms with Gasteiger partial charge >= 0.3 is 5.97 Å². The first-order valence-corrected chi connectivity index (χ1v) is 5.96. The molecule has 2 rings (SSSR count). The molecule has 0 saturated heterocycles. The Morgan fingerprint density at radius 3 is 2.90 bits per heavy atom. The van der Waals surface area contributed by atoms with Gasteiger partial charge in [-0.05, 0) is 29.8 Å². The summed E-state index contributed by atoms with van der Waals surface area (Å²) in [6, 6.07) is 8.34. The van der Waals surface area contributed by atoms with E-state index in [1.54, 1.807) is 31.5 Å². The standard InChI is InChI=1S/C14H15N3O3/c1-20-13-6-9(4-5-16-13)8-17-12-3-2-10(15)7-11(12)14(18)19/h2-7,17H,8,15H2,1H3,(H,18,19). The Morgan fingerprint density at radius 2 is 2.20 bits per heavy atom. The normalized spacial score (nSPS) is 10.1. The fourth-order valence-corrected chi connectivity index (χ4v) is 1.76. The largest absolute Gasteiger partial charge is 0.481 e. The Hall–Kier alpha value is -2.76. The van der Waals surface area contributed by atoms with Gasteiger partial charge < -0.3 is 20.9 Å². The molecule has 2 aromatic rings. The minimum atomic E-state index is -1.02. The molecule has 0 spiro atoms. The Labute approximate surface area is 116 Å². The highest BCUT2D eigenvalue weighted by atomic mass is 16.5. The lowest BCUT2D eigenvalue weighted by Gasteiger charge is -2.10. The van der Waals surface area contributed by atoms with Crippen LogP contribution < -0.4 is 15.8 Å². The van der Waals surface area contributed by atoms with Crippen LogP contribution >= 0.6 is 0 Å². The molecule has 104 valence electrons. The topological polar surface area (TPSA) is 97.5 Å². The van der Waals surface area contributed by atoms with Gasteiger partial charge in [0.15, 0.2) is 0 Å². The zero-order valence-corrected chi connectivity index (χ0v) is 11.0. The second-order valence-corrected chi connectivity index (χ2v) is 4.17. The van der Waals surface area contributed by atoms with E-state index in [0.717, 1.165) is 5.56 Å². The molecule has 4 N–H and O–H groups in total. The summed E-state index contributed by atoms with van der Waals surface area (Å²) in [5, 5.41) is 12.2. The number of nitrogens with two attached hydrogens (primary N) is 1. The first kappa shape index (κ1) is 13.7. The van der Waals surface area contributed by atoms with E-state index >= 15 is 0 Å². The highest BCUT2D eigenvalue weighted by Gasteiger charge is 2.10. The van der Waals surface area contributed by atoms with Gasteiger partial charge in [0.2, 0.25) is 5.88 Å². The number of carboxylic acids is 1. The maximum absolute atomic E-state index is 11.2. The summed E-state index contributed by atoms with van der Waals surface area (Å²) in [6.07, 6.45) is 1.64. The number of methoxy groups -OCH3 is 1. The SMILES string of the molecule is COc1cc(CNc2ccc(N)cc2C(=O)O)ccn1. The Kier molecular flexibility index (Phi) is 4.05. The lowest BCUT2D eigenvalue weighted by atomic mass is 10.1. The van der Waals surface area contributed by atoms with Crippen molar-refractivity contribution in [2.24, 2.45) is 0 Å². The number of rotatable bonds is 5. The highest BCUT2D eigenvalue weighted by Crippen LogP contribution is 2.20. The van der Waals surface area contributed by atoms with Gasteiger partial charge in [-0.3, -0.25) is 0 Å². The smallest absolute Gasteiger partial charge is 0.337 e. The van der Waals surface area contributed by atoms with E-state index in [9.17, 15) is 4.79 Å². The molecule has 1 aromatic carbocycles. The molecule has 0 radical (unpaired) electrons. The van der Waals surface area contributed by atoms with Gasteiger partial charge in [0.1, 0.15) is 0 Å². The van der Waals surface area contributed by atoms with Gasteiger partial charge in [0.05, 0.1) is 12.7 Å². The quantitative estimate of drug-likeness (QED) is 0.721. The second-order valence-electron chi connectivity index (χ2n) is 4.17. The van der Waals surface area contributed by atoms with Crippen LogP contribution in [0.3, 0.4) is 0 Å². The number of ether oxygens (including phenoxy) is 1. The van der Waals surface area contributed by atoms with Crippen molar-refractivity contribution in [3.63, 3.8) is 0 Å². The third-order valence-electron chi connectivity index (χ3n) is 2.77. The lowest BCUT2D eigenvalue weighted by Crippen LogP contribution is -2.07. The fourth-order valence-electron chi connectivity index (χ4n) is 1.76. The van der Waals surface area contributed by atoms with Gasteiger partial charge in [-0.1, -0.05) is 0 Å². The molecular weight excluding hydrogens is 258 g/mol. The lowest BCUT2D eigenvalue weighted by molar-refractivity contribution is 0.0698. The third-order valence-corrected chi connectivity index (χ3v) is 2.77. The minimum absolute atomic E-state index is 0.144. The van der Waals surface area contributed by atoms with E-state index in [0.29, 0.717) is 23.8 Å². The summed E-state index contributed by atoms with van der Waals surface area (Å²) in [4.78, 5) is 15.2. The van der Waals surface area contributed by atoms with E-state index in [1.165, 1.54) is 6.07 Å². The van der Waals surface area contributed by atoms with Gasteiger partial charge in [0.25, 0.3) is 0 Å². The number of aromatic nitrogens is 1. The van der Waals surface area contributed by atoms with Crippen LogP contribution in [-0.4, -0.2) is 23.2 Å². The molecule has 0 unspecified atom stereocenters. The van der Waals surface area contributed by atoms with Crippen molar-refractivity contribution in [2.75, 3.05) is 18.2 Å². The number of anilines is 2. The maximum atomic E-state index is 11.2. The number of aromatic carboxylic acids is 1. The summed E-state index contributed by atoms with van der Waals surface area (Å²) in [7, 11) is 1.54. The molecule has 0 saturated carbocycles. The van der Waals surface area contributed by atoms with Gasteiger partial charge in [-0.15, -0.1) is 0 Å². The molecule has 6 heteroatoms. The maximum Gasteiger partial charge on any atom is 0.337 e. The van der Waals surface area contributed by atoms with Crippen molar-refractivity contribution in [1.29, 1.82) is 0 Å². The van der Waals surface area contributed by atoms with Crippen molar-refractivity contribution in [3.05, 3.63) is 47.7 Å². The number of nitrogens with one attached hydrogen (secondary N) is 1. The van der Waals surface area contributed by atoms with Crippen LogP contribution in [0.5, 0.6) is 5.88 Å². The number of benzene rings is 1. The Balaban J connectivity index is 2.16. The number of carbonyl (C=O) groups is 1. The van der Waals surface area contributed by atoms with Gasteiger partial charge in [-0.2, -0.15) is 0 Å². The predicted molar refractivity (Wildman–Crippen MR) is 75.9 cm³/mol. The monoisotopic (exact) mass is 273 g/mol. The van der Waals surface area contributed by atoms with Crippen LogP contribution in [0.1, 0.15) is 15.9 Å². The van der Waals surface area contributed by atoms with Crippen LogP contribution in [0.4, 0.5) is 11.4 Å². The molecule has 0 aliphatic carbocycles. The summed E-state index contributed by atoms with van der Waals surface area (Å²) in [5.41, 5.74) is 7.61. The van der Waals surface area contributed by atoms with E-state index in [-0.39, 0.29) is 5.56 Å². The molecule has 0 bridgehead atoms. The molecular formula is C14H15N3O3. The molecule has 0 fully saturated rings. The average Bonchev–Trinajstić information content (AvgIpc) is 2.46. The number of nitrogens with zero attached hydrogens (tertiary/aromatic N) is 1. The molecule has 0 amide bonds. The zero-order chi connectivity index (χ0) is 14.5. The van der Waals surface area contributed by atoms with E-state index < -0.39 is 5.97 Å². The summed E-state index contributed by atoms with van der Waals surface area (Å²) in [5.74, 6) is -0.507. The Bertz CT molecular complexity index is 629. The first-order chi connectivity index (χ1) is 9.60. The Morgan fingerprint density at radius 1 is 1.40 bits per heavy atom. The van der Waals surface area contributed by atoms with Gasteiger partial charge in [0, 0.05) is 30.2 Å². The molecule has 20 heavy (non-hydrogen) atoms. The van der Waals surface area contributed by atoms with Crippen LogP contribution in [0, 0.1) is 0 Å². The molecule has 1 heterocycles. The van der Waals surface area contributed by atoms with Crippen molar-refractivity contribution >= 4 is 17.3 Å². The van der Waals surface area contributed by atoms with Gasteiger partial charge in [-0.25, -0.2) is 9.78 Å². The summed E-state index contributed by atoms with van der Waals surface area (Å²) in [6.45, 7) is 0.461. The number of hydrogen-bond donors (Lipinski definition) is 3. The van der Waals surface area contributed by atoms with Crippen LogP contribution in [0.2, 0.25) is 0 Å². The van der Waals surface area contributed by atoms with E-state index in [2.05, 4.69) is 10.3 Å². The molecule has 6 nitrogen and oxygen atoms in total. The average molecular weight is 273 g/mol. The van der Waals surface area contributed by atoms with Crippen LogP contribution in [0.25, 0.3) is 0 Å². The van der Waals surface area contributed by atoms with Crippen molar-refractivity contribution in [2.45, 2.75) is 6.54 Å². The number of nitrogen functional groups attached to an aromatic ring is 1. The zero-order valence-electron chi connectivity index (χ0n) is 11.0. The third kappa shape index (κ3) is 3.17. The fraction of sp³-hybridized carbons (Fsp3) is 0.143.